The first-order chi connectivity index (χ1) is 5.26. The van der Waals surface area contributed by atoms with E-state index in [9.17, 15) is 0 Å². The molecular weight excluding hydrogens is 200 g/mol. The molecule has 0 aliphatic heterocycles. The minimum Gasteiger partial charge on any atom is -0.0613 e. The van der Waals surface area contributed by atoms with Crippen LogP contribution in [0.2, 0.25) is 0 Å². The van der Waals surface area contributed by atoms with E-state index < -0.39 is 0 Å². The van der Waals surface area contributed by atoms with E-state index in [1.54, 1.807) is 0 Å². The molecule has 0 amide bonds. The summed E-state index contributed by atoms with van der Waals surface area (Å²) in [5.41, 5.74) is 2.67. The Morgan fingerprint density at radius 1 is 1.27 bits per heavy atom. The molecule has 0 N–H and O–H groups in total. The number of benzene rings is 1. The molecule has 0 spiro atoms. The summed E-state index contributed by atoms with van der Waals surface area (Å²) < 4.78 is 1.08. The zero-order valence-corrected chi connectivity index (χ0v) is 8.53. The molecule has 0 nitrogen and oxygen atoms in total. The molecule has 59 valence electrons. The average molecular weight is 212 g/mol. The zero-order valence-electron chi connectivity index (χ0n) is 6.95. The summed E-state index contributed by atoms with van der Waals surface area (Å²) in [5.74, 6) is 0. The molecule has 0 atom stereocenters. The average Bonchev–Trinajstić information content (AvgIpc) is 2.03. The highest BCUT2D eigenvalue weighted by atomic mass is 79.9. The monoisotopic (exact) mass is 211 g/mol. The molecule has 0 bridgehead atoms. The van der Waals surface area contributed by atoms with Gasteiger partial charge in [-0.05, 0) is 30.0 Å². The van der Waals surface area contributed by atoms with Crippen LogP contribution in [0.4, 0.5) is 0 Å². The van der Waals surface area contributed by atoms with Gasteiger partial charge in [0.25, 0.3) is 0 Å². The Balaban J connectivity index is 3.02. The first-order valence-electron chi connectivity index (χ1n) is 3.97. The Hall–Kier alpha value is -0.300. The summed E-state index contributed by atoms with van der Waals surface area (Å²) in [6.45, 7) is 4.32. The van der Waals surface area contributed by atoms with Gasteiger partial charge in [-0.1, -0.05) is 35.8 Å². The van der Waals surface area contributed by atoms with Crippen molar-refractivity contribution >= 4 is 15.9 Å². The third-order valence-corrected chi connectivity index (χ3v) is 2.17. The second kappa shape index (κ2) is 3.91. The van der Waals surface area contributed by atoms with E-state index in [1.165, 1.54) is 11.1 Å². The topological polar surface area (TPSA) is 0 Å². The highest BCUT2D eigenvalue weighted by molar-refractivity contribution is 9.10. The number of rotatable bonds is 2. The Morgan fingerprint density at radius 3 is 2.55 bits per heavy atom. The van der Waals surface area contributed by atoms with Gasteiger partial charge < -0.3 is 0 Å². The van der Waals surface area contributed by atoms with Crippen LogP contribution >= 0.6 is 15.9 Å². The molecular formula is C10H12Br. The van der Waals surface area contributed by atoms with Crippen LogP contribution in [0.3, 0.4) is 0 Å². The second-order valence-corrected chi connectivity index (χ2v) is 3.42. The lowest BCUT2D eigenvalue weighted by Gasteiger charge is -2.01. The first kappa shape index (κ1) is 8.79. The summed E-state index contributed by atoms with van der Waals surface area (Å²) >= 11 is 3.44. The highest BCUT2D eigenvalue weighted by Crippen LogP contribution is 2.15. The van der Waals surface area contributed by atoms with Crippen LogP contribution in [-0.2, 0) is 12.8 Å². The minimum absolute atomic E-state index is 1.06. The van der Waals surface area contributed by atoms with Gasteiger partial charge in [-0.15, -0.1) is 0 Å². The maximum Gasteiger partial charge on any atom is 0.0259 e. The van der Waals surface area contributed by atoms with Gasteiger partial charge in [0, 0.05) is 10.5 Å². The number of hydrogen-bond acceptors (Lipinski definition) is 0. The lowest BCUT2D eigenvalue weighted by atomic mass is 10.1. The number of halogens is 1. The van der Waals surface area contributed by atoms with E-state index in [0.29, 0.717) is 0 Å². The summed E-state index contributed by atoms with van der Waals surface area (Å²) in [6, 6.07) is 7.59. The van der Waals surface area contributed by atoms with E-state index in [-0.39, 0.29) is 0 Å². The van der Waals surface area contributed by atoms with Crippen molar-refractivity contribution < 1.29 is 0 Å². The van der Waals surface area contributed by atoms with E-state index in [1.807, 2.05) is 0 Å². The highest BCUT2D eigenvalue weighted by Gasteiger charge is 1.95. The fourth-order valence-corrected chi connectivity index (χ4v) is 1.60. The van der Waals surface area contributed by atoms with Crippen molar-refractivity contribution in [3.8, 4) is 0 Å². The normalized spacial score (nSPS) is 10.1. The maximum absolute atomic E-state index is 3.44. The van der Waals surface area contributed by atoms with Gasteiger partial charge in [0.2, 0.25) is 0 Å². The van der Waals surface area contributed by atoms with Gasteiger partial charge in [-0.3, -0.25) is 0 Å². The van der Waals surface area contributed by atoms with E-state index in [0.717, 1.165) is 17.3 Å². The van der Waals surface area contributed by atoms with Crippen LogP contribution in [0.15, 0.2) is 16.6 Å². The first-order valence-corrected chi connectivity index (χ1v) is 4.76. The molecule has 0 aliphatic rings. The molecule has 0 aliphatic carbocycles. The van der Waals surface area contributed by atoms with Crippen molar-refractivity contribution in [2.75, 3.05) is 0 Å². The van der Waals surface area contributed by atoms with Gasteiger partial charge in [0.1, 0.15) is 0 Å². The molecule has 1 heteroatoms. The van der Waals surface area contributed by atoms with Crippen molar-refractivity contribution in [3.63, 3.8) is 0 Å². The SMILES string of the molecule is CCc1[c]c(Br)cc(CC)c1. The molecule has 0 heterocycles. The molecule has 0 unspecified atom stereocenters. The third kappa shape index (κ3) is 2.33. The van der Waals surface area contributed by atoms with Crippen molar-refractivity contribution in [2.45, 2.75) is 26.7 Å². The van der Waals surface area contributed by atoms with Crippen LogP contribution in [-0.4, -0.2) is 0 Å². The third-order valence-electron chi connectivity index (χ3n) is 1.74. The molecule has 1 aromatic rings. The molecule has 1 aromatic carbocycles. The summed E-state index contributed by atoms with van der Waals surface area (Å²) in [7, 11) is 0. The summed E-state index contributed by atoms with van der Waals surface area (Å²) in [5, 5.41) is 0. The smallest absolute Gasteiger partial charge is 0.0259 e. The predicted molar refractivity (Wildman–Crippen MR) is 51.7 cm³/mol. The van der Waals surface area contributed by atoms with Crippen LogP contribution in [0.5, 0.6) is 0 Å². The summed E-state index contributed by atoms with van der Waals surface area (Å²) in [4.78, 5) is 0. The molecule has 0 saturated heterocycles. The molecule has 0 fully saturated rings. The largest absolute Gasteiger partial charge is 0.0613 e. The minimum atomic E-state index is 1.06. The predicted octanol–water partition coefficient (Wildman–Crippen LogP) is 3.37. The van der Waals surface area contributed by atoms with Crippen LogP contribution in [0.1, 0.15) is 25.0 Å². The molecule has 0 saturated carbocycles. The molecule has 0 aromatic heterocycles. The maximum atomic E-state index is 3.44. The van der Waals surface area contributed by atoms with Crippen molar-refractivity contribution in [1.82, 2.24) is 0 Å². The van der Waals surface area contributed by atoms with Crippen LogP contribution in [0, 0.1) is 6.07 Å². The van der Waals surface area contributed by atoms with Crippen molar-refractivity contribution in [3.05, 3.63) is 33.8 Å². The number of aryl methyl sites for hydroxylation is 2. The van der Waals surface area contributed by atoms with Crippen molar-refractivity contribution in [1.29, 1.82) is 0 Å². The number of hydrogen-bond donors (Lipinski definition) is 0. The molecule has 1 rings (SSSR count). The summed E-state index contributed by atoms with van der Waals surface area (Å²) in [6.07, 6.45) is 2.16. The standard InChI is InChI=1S/C10H12Br/c1-3-8-5-9(4-2)7-10(11)6-8/h5-6H,3-4H2,1-2H3. The molecule has 1 radical (unpaired) electrons. The van der Waals surface area contributed by atoms with Crippen LogP contribution in [0.25, 0.3) is 0 Å². The van der Waals surface area contributed by atoms with E-state index >= 15 is 0 Å². The second-order valence-electron chi connectivity index (χ2n) is 2.57. The van der Waals surface area contributed by atoms with Crippen LogP contribution < -0.4 is 0 Å². The Kier molecular flexibility index (Phi) is 3.13. The van der Waals surface area contributed by atoms with E-state index in [2.05, 4.69) is 48.0 Å². The Bertz CT molecular complexity index is 218. The Labute approximate surface area is 76.8 Å². The lowest BCUT2D eigenvalue weighted by molar-refractivity contribution is 1.08. The van der Waals surface area contributed by atoms with Crippen molar-refractivity contribution in [2.24, 2.45) is 0 Å². The fourth-order valence-electron chi connectivity index (χ4n) is 1.05. The van der Waals surface area contributed by atoms with Gasteiger partial charge in [-0.2, -0.15) is 0 Å². The quantitative estimate of drug-likeness (QED) is 0.704. The van der Waals surface area contributed by atoms with Gasteiger partial charge in [0.05, 0.1) is 0 Å². The van der Waals surface area contributed by atoms with E-state index in [4.69, 9.17) is 0 Å². The Morgan fingerprint density at radius 2 is 2.00 bits per heavy atom. The lowest BCUT2D eigenvalue weighted by Crippen LogP contribution is -1.85. The van der Waals surface area contributed by atoms with Gasteiger partial charge in [0.15, 0.2) is 0 Å². The fraction of sp³-hybridized carbons (Fsp3) is 0.400. The molecule has 11 heavy (non-hydrogen) atoms. The van der Waals surface area contributed by atoms with Gasteiger partial charge in [-0.25, -0.2) is 0 Å². The van der Waals surface area contributed by atoms with Gasteiger partial charge >= 0.3 is 0 Å². The zero-order chi connectivity index (χ0) is 8.27.